The molecule has 2 N–H and O–H groups in total. The van der Waals surface area contributed by atoms with Crippen LogP contribution in [-0.2, 0) is 11.3 Å². The molecule has 1 atom stereocenters. The summed E-state index contributed by atoms with van der Waals surface area (Å²) >= 11 is 0. The van der Waals surface area contributed by atoms with Crippen LogP contribution < -0.4 is 10.6 Å². The van der Waals surface area contributed by atoms with Crippen molar-refractivity contribution in [1.82, 2.24) is 15.6 Å². The Labute approximate surface area is 113 Å². The van der Waals surface area contributed by atoms with Crippen LogP contribution >= 0.6 is 24.8 Å². The van der Waals surface area contributed by atoms with Crippen LogP contribution in [0, 0.1) is 0 Å². The number of aromatic nitrogens is 1. The smallest absolute Gasteiger partial charge is 0.220 e. The molecular formula is C11H17Cl2N3O. The first-order valence-electron chi connectivity index (χ1n) is 5.23. The predicted molar refractivity (Wildman–Crippen MR) is 71.6 cm³/mol. The van der Waals surface area contributed by atoms with Crippen molar-refractivity contribution in [3.8, 4) is 0 Å². The summed E-state index contributed by atoms with van der Waals surface area (Å²) < 4.78 is 0. The molecular weight excluding hydrogens is 261 g/mol. The Morgan fingerprint density at radius 1 is 1.47 bits per heavy atom. The average Bonchev–Trinajstić information content (AvgIpc) is 2.66. The van der Waals surface area contributed by atoms with Crippen LogP contribution in [-0.4, -0.2) is 23.5 Å². The normalized spacial score (nSPS) is 17.9. The van der Waals surface area contributed by atoms with Crippen LogP contribution in [0.2, 0.25) is 0 Å². The third-order valence-electron chi connectivity index (χ3n) is 2.53. The van der Waals surface area contributed by atoms with Crippen LogP contribution in [0.5, 0.6) is 0 Å². The number of rotatable bonds is 4. The summed E-state index contributed by atoms with van der Waals surface area (Å²) in [4.78, 5) is 15.0. The number of halogens is 2. The molecule has 0 saturated carbocycles. The molecule has 2 rings (SSSR count). The van der Waals surface area contributed by atoms with E-state index in [1.165, 1.54) is 5.56 Å². The molecule has 1 aromatic rings. The molecule has 2 heterocycles. The minimum atomic E-state index is 0. The summed E-state index contributed by atoms with van der Waals surface area (Å²) in [5, 5.41) is 6.23. The lowest BCUT2D eigenvalue weighted by Crippen LogP contribution is -2.35. The first kappa shape index (κ1) is 16.2. The number of carbonyl (C=O) groups excluding carboxylic acids is 1. The SMILES string of the molecule is Cl.Cl.O=C1CCC(CNCc2cccnc2)N1. The maximum Gasteiger partial charge on any atom is 0.220 e. The fourth-order valence-corrected chi connectivity index (χ4v) is 1.72. The topological polar surface area (TPSA) is 54.0 Å². The van der Waals surface area contributed by atoms with Crippen molar-refractivity contribution in [2.45, 2.75) is 25.4 Å². The van der Waals surface area contributed by atoms with Crippen LogP contribution in [0.4, 0.5) is 0 Å². The maximum atomic E-state index is 10.9. The third kappa shape index (κ3) is 5.35. The van der Waals surface area contributed by atoms with Crippen molar-refractivity contribution in [2.24, 2.45) is 0 Å². The lowest BCUT2D eigenvalue weighted by molar-refractivity contribution is -0.119. The maximum absolute atomic E-state index is 10.9. The second kappa shape index (κ2) is 8.28. The summed E-state index contributed by atoms with van der Waals surface area (Å²) in [6.07, 6.45) is 5.22. The quantitative estimate of drug-likeness (QED) is 0.872. The Morgan fingerprint density at radius 2 is 2.29 bits per heavy atom. The Hall–Kier alpha value is -0.840. The molecule has 1 unspecified atom stereocenters. The minimum Gasteiger partial charge on any atom is -0.352 e. The molecule has 17 heavy (non-hydrogen) atoms. The highest BCUT2D eigenvalue weighted by atomic mass is 35.5. The zero-order chi connectivity index (χ0) is 10.5. The highest BCUT2D eigenvalue weighted by molar-refractivity contribution is 5.85. The Bertz CT molecular complexity index is 335. The standard InChI is InChI=1S/C11H15N3O.2ClH/c15-11-4-3-10(14-11)8-13-7-9-2-1-5-12-6-9;;/h1-2,5-6,10,13H,3-4,7-8H2,(H,14,15);2*1H. The first-order chi connectivity index (χ1) is 7.34. The van der Waals surface area contributed by atoms with E-state index in [2.05, 4.69) is 15.6 Å². The zero-order valence-corrected chi connectivity index (χ0v) is 11.0. The van der Waals surface area contributed by atoms with Gasteiger partial charge in [-0.25, -0.2) is 0 Å². The number of nitrogens with zero attached hydrogens (tertiary/aromatic N) is 1. The molecule has 6 heteroatoms. The van der Waals surface area contributed by atoms with Gasteiger partial charge >= 0.3 is 0 Å². The zero-order valence-electron chi connectivity index (χ0n) is 9.39. The summed E-state index contributed by atoms with van der Waals surface area (Å²) in [7, 11) is 0. The monoisotopic (exact) mass is 277 g/mol. The molecule has 1 aromatic heterocycles. The van der Waals surface area contributed by atoms with Gasteiger partial charge in [-0.1, -0.05) is 6.07 Å². The molecule has 0 aliphatic carbocycles. The third-order valence-corrected chi connectivity index (χ3v) is 2.53. The lowest BCUT2D eigenvalue weighted by Gasteiger charge is -2.10. The van der Waals surface area contributed by atoms with Gasteiger partial charge in [0.25, 0.3) is 0 Å². The van der Waals surface area contributed by atoms with Gasteiger partial charge in [0.2, 0.25) is 5.91 Å². The van der Waals surface area contributed by atoms with Gasteiger partial charge in [0.05, 0.1) is 0 Å². The molecule has 1 amide bonds. The van der Waals surface area contributed by atoms with Gasteiger partial charge in [0.15, 0.2) is 0 Å². The van der Waals surface area contributed by atoms with Gasteiger partial charge in [-0.3, -0.25) is 9.78 Å². The fourth-order valence-electron chi connectivity index (χ4n) is 1.72. The van der Waals surface area contributed by atoms with Gasteiger partial charge in [-0.15, -0.1) is 24.8 Å². The van der Waals surface area contributed by atoms with Gasteiger partial charge in [0.1, 0.15) is 0 Å². The van der Waals surface area contributed by atoms with Gasteiger partial charge in [0, 0.05) is 37.9 Å². The van der Waals surface area contributed by atoms with Crippen LogP contribution in [0.25, 0.3) is 0 Å². The summed E-state index contributed by atoms with van der Waals surface area (Å²) in [5.41, 5.74) is 1.17. The van der Waals surface area contributed by atoms with E-state index in [0.29, 0.717) is 12.5 Å². The predicted octanol–water partition coefficient (Wildman–Crippen LogP) is 1.29. The molecule has 1 fully saturated rings. The molecule has 0 bridgehead atoms. The number of nitrogens with one attached hydrogen (secondary N) is 2. The van der Waals surface area contributed by atoms with Crippen molar-refractivity contribution in [1.29, 1.82) is 0 Å². The van der Waals surface area contributed by atoms with Crippen molar-refractivity contribution in [2.75, 3.05) is 6.54 Å². The second-order valence-corrected chi connectivity index (χ2v) is 3.80. The molecule has 96 valence electrons. The molecule has 4 nitrogen and oxygen atoms in total. The van der Waals surface area contributed by atoms with E-state index in [1.807, 2.05) is 18.3 Å². The molecule has 0 spiro atoms. The fraction of sp³-hybridized carbons (Fsp3) is 0.455. The van der Waals surface area contributed by atoms with E-state index in [9.17, 15) is 4.79 Å². The van der Waals surface area contributed by atoms with E-state index in [1.54, 1.807) is 6.20 Å². The van der Waals surface area contributed by atoms with Crippen LogP contribution in [0.15, 0.2) is 24.5 Å². The van der Waals surface area contributed by atoms with Crippen molar-refractivity contribution < 1.29 is 4.79 Å². The summed E-state index contributed by atoms with van der Waals surface area (Å²) in [6, 6.07) is 4.26. The summed E-state index contributed by atoms with van der Waals surface area (Å²) in [6.45, 7) is 1.64. The molecule has 1 aliphatic rings. The highest BCUT2D eigenvalue weighted by Gasteiger charge is 2.19. The lowest BCUT2D eigenvalue weighted by atomic mass is 10.2. The highest BCUT2D eigenvalue weighted by Crippen LogP contribution is 2.05. The van der Waals surface area contributed by atoms with E-state index in [-0.39, 0.29) is 30.7 Å². The Kier molecular flexibility index (Phi) is 7.87. The number of hydrogen-bond acceptors (Lipinski definition) is 3. The molecule has 1 saturated heterocycles. The largest absolute Gasteiger partial charge is 0.352 e. The van der Waals surface area contributed by atoms with Gasteiger partial charge in [-0.2, -0.15) is 0 Å². The van der Waals surface area contributed by atoms with Crippen molar-refractivity contribution in [3.63, 3.8) is 0 Å². The number of pyridine rings is 1. The van der Waals surface area contributed by atoms with Crippen molar-refractivity contribution in [3.05, 3.63) is 30.1 Å². The number of carbonyl (C=O) groups is 1. The van der Waals surface area contributed by atoms with Crippen LogP contribution in [0.3, 0.4) is 0 Å². The minimum absolute atomic E-state index is 0. The summed E-state index contributed by atoms with van der Waals surface area (Å²) in [5.74, 6) is 0.170. The average molecular weight is 278 g/mol. The molecule has 0 radical (unpaired) electrons. The molecule has 1 aliphatic heterocycles. The number of amides is 1. The number of hydrogen-bond donors (Lipinski definition) is 2. The van der Waals surface area contributed by atoms with Gasteiger partial charge < -0.3 is 10.6 Å². The van der Waals surface area contributed by atoms with E-state index >= 15 is 0 Å². The Balaban J connectivity index is 0.00000128. The Morgan fingerprint density at radius 3 is 2.88 bits per heavy atom. The van der Waals surface area contributed by atoms with E-state index in [0.717, 1.165) is 19.5 Å². The van der Waals surface area contributed by atoms with Crippen molar-refractivity contribution >= 4 is 30.7 Å². The van der Waals surface area contributed by atoms with E-state index < -0.39 is 0 Å². The van der Waals surface area contributed by atoms with Crippen LogP contribution in [0.1, 0.15) is 18.4 Å². The first-order valence-corrected chi connectivity index (χ1v) is 5.23. The van der Waals surface area contributed by atoms with E-state index in [4.69, 9.17) is 0 Å². The van der Waals surface area contributed by atoms with Gasteiger partial charge in [-0.05, 0) is 18.1 Å². The second-order valence-electron chi connectivity index (χ2n) is 3.80. The molecule has 0 aromatic carbocycles.